The van der Waals surface area contributed by atoms with E-state index in [-0.39, 0.29) is 6.04 Å². The smallest absolute Gasteiger partial charge is 0.0459 e. The zero-order valence-electron chi connectivity index (χ0n) is 11.3. The van der Waals surface area contributed by atoms with Crippen LogP contribution in [0.1, 0.15) is 43.4 Å². The van der Waals surface area contributed by atoms with Crippen molar-refractivity contribution < 1.29 is 0 Å². The highest BCUT2D eigenvalue weighted by Gasteiger charge is 2.34. The Balaban J connectivity index is 1.69. The van der Waals surface area contributed by atoms with Gasteiger partial charge < -0.3 is 5.73 Å². The fraction of sp³-hybridized carbons (Fsp3) is 0.625. The van der Waals surface area contributed by atoms with Crippen LogP contribution in [0.15, 0.2) is 24.3 Å². The van der Waals surface area contributed by atoms with E-state index in [1.165, 1.54) is 43.5 Å². The van der Waals surface area contributed by atoms with Crippen molar-refractivity contribution in [1.29, 1.82) is 0 Å². The molecule has 2 atom stereocenters. The monoisotopic (exact) mass is 244 g/mol. The molecule has 1 aliphatic heterocycles. The SMILES string of the molecule is CCC1CCN(C2Cc3ccccc3C2N)CC1. The molecule has 2 heteroatoms. The van der Waals surface area contributed by atoms with E-state index in [9.17, 15) is 0 Å². The van der Waals surface area contributed by atoms with Crippen molar-refractivity contribution in [2.24, 2.45) is 11.7 Å². The molecular formula is C16H24N2. The lowest BCUT2D eigenvalue weighted by atomic mass is 9.92. The van der Waals surface area contributed by atoms with Gasteiger partial charge in [-0.1, -0.05) is 37.6 Å². The summed E-state index contributed by atoms with van der Waals surface area (Å²) in [5.74, 6) is 0.946. The first-order valence-electron chi connectivity index (χ1n) is 7.37. The molecule has 2 unspecified atom stereocenters. The Labute approximate surface area is 110 Å². The van der Waals surface area contributed by atoms with Gasteiger partial charge in [0.1, 0.15) is 0 Å². The van der Waals surface area contributed by atoms with Crippen molar-refractivity contribution >= 4 is 0 Å². The third-order valence-electron chi connectivity index (χ3n) is 4.95. The highest BCUT2D eigenvalue weighted by atomic mass is 15.2. The lowest BCUT2D eigenvalue weighted by molar-refractivity contribution is 0.120. The summed E-state index contributed by atoms with van der Waals surface area (Å²) in [4.78, 5) is 2.64. The summed E-state index contributed by atoms with van der Waals surface area (Å²) in [6.07, 6.45) is 5.20. The maximum absolute atomic E-state index is 6.45. The first kappa shape index (κ1) is 12.2. The number of hydrogen-bond donors (Lipinski definition) is 1. The summed E-state index contributed by atoms with van der Waals surface area (Å²) < 4.78 is 0. The number of likely N-dealkylation sites (tertiary alicyclic amines) is 1. The first-order valence-corrected chi connectivity index (χ1v) is 7.37. The number of benzene rings is 1. The van der Waals surface area contributed by atoms with Crippen LogP contribution in [0.2, 0.25) is 0 Å². The first-order chi connectivity index (χ1) is 8.79. The van der Waals surface area contributed by atoms with Crippen molar-refractivity contribution in [3.05, 3.63) is 35.4 Å². The number of fused-ring (bicyclic) bond motifs is 1. The van der Waals surface area contributed by atoms with Crippen LogP contribution in [0, 0.1) is 5.92 Å². The van der Waals surface area contributed by atoms with Crippen molar-refractivity contribution in [2.75, 3.05) is 13.1 Å². The molecule has 1 aliphatic carbocycles. The highest BCUT2D eigenvalue weighted by Crippen LogP contribution is 2.34. The van der Waals surface area contributed by atoms with E-state index in [0.29, 0.717) is 6.04 Å². The summed E-state index contributed by atoms with van der Waals surface area (Å²) in [5.41, 5.74) is 9.29. The van der Waals surface area contributed by atoms with Crippen LogP contribution < -0.4 is 5.73 Å². The zero-order valence-corrected chi connectivity index (χ0v) is 11.3. The van der Waals surface area contributed by atoms with E-state index in [0.717, 1.165) is 12.3 Å². The van der Waals surface area contributed by atoms with E-state index in [1.807, 2.05) is 0 Å². The largest absolute Gasteiger partial charge is 0.323 e. The van der Waals surface area contributed by atoms with E-state index >= 15 is 0 Å². The Morgan fingerprint density at radius 2 is 1.94 bits per heavy atom. The van der Waals surface area contributed by atoms with Gasteiger partial charge in [0.05, 0.1) is 0 Å². The molecule has 0 amide bonds. The van der Waals surface area contributed by atoms with Crippen LogP contribution in [-0.4, -0.2) is 24.0 Å². The summed E-state index contributed by atoms with van der Waals surface area (Å²) in [6, 6.07) is 9.47. The van der Waals surface area contributed by atoms with Gasteiger partial charge in [0.2, 0.25) is 0 Å². The van der Waals surface area contributed by atoms with Crippen LogP contribution in [0.5, 0.6) is 0 Å². The van der Waals surface area contributed by atoms with E-state index in [2.05, 4.69) is 36.1 Å². The summed E-state index contributed by atoms with van der Waals surface area (Å²) in [6.45, 7) is 4.80. The number of nitrogens with zero attached hydrogens (tertiary/aromatic N) is 1. The van der Waals surface area contributed by atoms with Crippen LogP contribution in [0.25, 0.3) is 0 Å². The van der Waals surface area contributed by atoms with Gasteiger partial charge in [0, 0.05) is 12.1 Å². The molecule has 1 fully saturated rings. The maximum Gasteiger partial charge on any atom is 0.0459 e. The van der Waals surface area contributed by atoms with E-state index in [4.69, 9.17) is 5.73 Å². The minimum Gasteiger partial charge on any atom is -0.323 e. The minimum absolute atomic E-state index is 0.222. The highest BCUT2D eigenvalue weighted by molar-refractivity contribution is 5.36. The van der Waals surface area contributed by atoms with Crippen LogP contribution in [0.4, 0.5) is 0 Å². The van der Waals surface area contributed by atoms with Gasteiger partial charge in [-0.2, -0.15) is 0 Å². The predicted molar refractivity (Wildman–Crippen MR) is 75.5 cm³/mol. The molecule has 0 bridgehead atoms. The Morgan fingerprint density at radius 1 is 1.22 bits per heavy atom. The average molecular weight is 244 g/mol. The molecular weight excluding hydrogens is 220 g/mol. The fourth-order valence-corrected chi connectivity index (χ4v) is 3.65. The molecule has 2 aliphatic rings. The summed E-state index contributed by atoms with van der Waals surface area (Å²) in [5, 5.41) is 0. The summed E-state index contributed by atoms with van der Waals surface area (Å²) >= 11 is 0. The van der Waals surface area contributed by atoms with Crippen molar-refractivity contribution in [2.45, 2.75) is 44.7 Å². The van der Waals surface area contributed by atoms with Gasteiger partial charge >= 0.3 is 0 Å². The zero-order chi connectivity index (χ0) is 12.5. The normalized spacial score (nSPS) is 29.4. The Hall–Kier alpha value is -0.860. The third-order valence-corrected chi connectivity index (χ3v) is 4.95. The van der Waals surface area contributed by atoms with E-state index in [1.54, 1.807) is 0 Å². The molecule has 3 rings (SSSR count). The topological polar surface area (TPSA) is 29.3 Å². The van der Waals surface area contributed by atoms with Crippen molar-refractivity contribution in [3.8, 4) is 0 Å². The van der Waals surface area contributed by atoms with E-state index < -0.39 is 0 Å². The lowest BCUT2D eigenvalue weighted by Crippen LogP contribution is -2.45. The average Bonchev–Trinajstić information content (AvgIpc) is 2.77. The molecule has 18 heavy (non-hydrogen) atoms. The van der Waals surface area contributed by atoms with Crippen LogP contribution in [-0.2, 0) is 6.42 Å². The second kappa shape index (κ2) is 5.02. The number of nitrogens with two attached hydrogens (primary N) is 1. The van der Waals surface area contributed by atoms with Crippen LogP contribution in [0.3, 0.4) is 0 Å². The Kier molecular flexibility index (Phi) is 3.40. The molecule has 1 heterocycles. The van der Waals surface area contributed by atoms with Gasteiger partial charge in [0.15, 0.2) is 0 Å². The molecule has 0 radical (unpaired) electrons. The van der Waals surface area contributed by atoms with Gasteiger partial charge in [-0.3, -0.25) is 4.90 Å². The van der Waals surface area contributed by atoms with Gasteiger partial charge in [-0.15, -0.1) is 0 Å². The second-order valence-electron chi connectivity index (χ2n) is 5.88. The summed E-state index contributed by atoms with van der Waals surface area (Å²) in [7, 11) is 0. The molecule has 0 spiro atoms. The lowest BCUT2D eigenvalue weighted by Gasteiger charge is -2.37. The van der Waals surface area contributed by atoms with Crippen molar-refractivity contribution in [1.82, 2.24) is 4.90 Å². The Bertz CT molecular complexity index is 407. The van der Waals surface area contributed by atoms with Crippen molar-refractivity contribution in [3.63, 3.8) is 0 Å². The molecule has 1 aromatic carbocycles. The number of rotatable bonds is 2. The van der Waals surface area contributed by atoms with Gasteiger partial charge in [0.25, 0.3) is 0 Å². The quantitative estimate of drug-likeness (QED) is 0.866. The molecule has 0 saturated carbocycles. The third kappa shape index (κ3) is 2.08. The molecule has 2 nitrogen and oxygen atoms in total. The van der Waals surface area contributed by atoms with Gasteiger partial charge in [-0.05, 0) is 49.4 Å². The van der Waals surface area contributed by atoms with Crippen LogP contribution >= 0.6 is 0 Å². The molecule has 0 aromatic heterocycles. The number of hydrogen-bond acceptors (Lipinski definition) is 2. The molecule has 98 valence electrons. The number of piperidine rings is 1. The molecule has 1 aromatic rings. The predicted octanol–water partition coefficient (Wildman–Crippen LogP) is 2.73. The van der Waals surface area contributed by atoms with Gasteiger partial charge in [-0.25, -0.2) is 0 Å². The molecule has 2 N–H and O–H groups in total. The Morgan fingerprint density at radius 3 is 2.61 bits per heavy atom. The standard InChI is InChI=1S/C16H24N2/c1-2-12-7-9-18(10-8-12)15-11-13-5-3-4-6-14(13)16(15)17/h3-6,12,15-16H,2,7-11,17H2,1H3. The second-order valence-corrected chi connectivity index (χ2v) is 5.88. The maximum atomic E-state index is 6.45. The minimum atomic E-state index is 0.222. The molecule has 1 saturated heterocycles. The fourth-order valence-electron chi connectivity index (χ4n) is 3.65.